The van der Waals surface area contributed by atoms with Crippen molar-refractivity contribution in [3.8, 4) is 11.3 Å². The summed E-state index contributed by atoms with van der Waals surface area (Å²) in [6, 6.07) is 9.32. The van der Waals surface area contributed by atoms with Gasteiger partial charge in [0, 0.05) is 12.1 Å². The number of hydrogen-bond donors (Lipinski definition) is 1. The summed E-state index contributed by atoms with van der Waals surface area (Å²) in [5.41, 5.74) is -1.48. The zero-order chi connectivity index (χ0) is 18.2. The van der Waals surface area contributed by atoms with E-state index in [0.29, 0.717) is 5.56 Å². The van der Waals surface area contributed by atoms with Gasteiger partial charge in [-0.25, -0.2) is 4.98 Å². The Bertz CT molecular complexity index is 1070. The molecule has 0 aliphatic heterocycles. The second-order valence-electron chi connectivity index (χ2n) is 5.28. The van der Waals surface area contributed by atoms with Crippen LogP contribution in [0.15, 0.2) is 53.8 Å². The third-order valence-electron chi connectivity index (χ3n) is 3.64. The van der Waals surface area contributed by atoms with Gasteiger partial charge >= 0.3 is 6.18 Å². The predicted molar refractivity (Wildman–Crippen MR) is 91.8 cm³/mol. The van der Waals surface area contributed by atoms with Crippen LogP contribution < -0.4 is 5.56 Å². The number of hydrogen-bond acceptors (Lipinski definition) is 3. The van der Waals surface area contributed by atoms with Crippen LogP contribution in [0.5, 0.6) is 0 Å². The van der Waals surface area contributed by atoms with Crippen molar-refractivity contribution in [1.29, 1.82) is 0 Å². The number of halogens is 3. The molecule has 0 amide bonds. The second-order valence-corrected chi connectivity index (χ2v) is 5.66. The van der Waals surface area contributed by atoms with Gasteiger partial charge in [0.05, 0.1) is 16.6 Å². The van der Waals surface area contributed by atoms with E-state index in [9.17, 15) is 18.0 Å². The Hall–Kier alpha value is -2.74. The van der Waals surface area contributed by atoms with Gasteiger partial charge in [0.2, 0.25) is 0 Å². The highest BCUT2D eigenvalue weighted by Crippen LogP contribution is 2.35. The SMILES string of the molecule is C=CCn1c(=S)[nH]c(=O)c2c(C(F)(F)F)cc(-c3ccccc3)nc21. The Morgan fingerprint density at radius 1 is 1.28 bits per heavy atom. The van der Waals surface area contributed by atoms with Crippen LogP contribution in [-0.4, -0.2) is 14.5 Å². The van der Waals surface area contributed by atoms with Crippen molar-refractivity contribution in [2.75, 3.05) is 0 Å². The van der Waals surface area contributed by atoms with Crippen LogP contribution in [0.3, 0.4) is 0 Å². The number of aromatic nitrogens is 3. The molecule has 4 nitrogen and oxygen atoms in total. The number of allylic oxidation sites excluding steroid dienone is 1. The van der Waals surface area contributed by atoms with Crippen LogP contribution in [0.25, 0.3) is 22.3 Å². The monoisotopic (exact) mass is 363 g/mol. The van der Waals surface area contributed by atoms with E-state index in [-0.39, 0.29) is 22.7 Å². The van der Waals surface area contributed by atoms with Crippen molar-refractivity contribution < 1.29 is 13.2 Å². The molecule has 0 fully saturated rings. The average Bonchev–Trinajstić information content (AvgIpc) is 2.57. The molecule has 0 aliphatic rings. The van der Waals surface area contributed by atoms with Crippen LogP contribution >= 0.6 is 12.2 Å². The molecule has 8 heteroatoms. The Balaban J connectivity index is 2.51. The molecule has 25 heavy (non-hydrogen) atoms. The first-order valence-corrected chi connectivity index (χ1v) is 7.65. The minimum absolute atomic E-state index is 0.0109. The fourth-order valence-corrected chi connectivity index (χ4v) is 2.81. The summed E-state index contributed by atoms with van der Waals surface area (Å²) < 4.78 is 42.0. The summed E-state index contributed by atoms with van der Waals surface area (Å²) in [5, 5.41) is -0.539. The maximum atomic E-state index is 13.6. The number of nitrogens with zero attached hydrogens (tertiary/aromatic N) is 2. The number of alkyl halides is 3. The van der Waals surface area contributed by atoms with E-state index in [1.165, 1.54) is 10.6 Å². The summed E-state index contributed by atoms with van der Waals surface area (Å²) in [6.45, 7) is 3.69. The molecule has 2 heterocycles. The molecule has 0 bridgehead atoms. The van der Waals surface area contributed by atoms with Gasteiger partial charge < -0.3 is 0 Å². The lowest BCUT2D eigenvalue weighted by Crippen LogP contribution is -2.20. The molecule has 0 unspecified atom stereocenters. The summed E-state index contributed by atoms with van der Waals surface area (Å²) in [4.78, 5) is 18.7. The van der Waals surface area contributed by atoms with E-state index in [2.05, 4.69) is 16.5 Å². The van der Waals surface area contributed by atoms with Gasteiger partial charge in [0.15, 0.2) is 4.77 Å². The van der Waals surface area contributed by atoms with Crippen LogP contribution in [0.2, 0.25) is 0 Å². The van der Waals surface area contributed by atoms with Gasteiger partial charge in [-0.3, -0.25) is 14.3 Å². The van der Waals surface area contributed by atoms with Crippen molar-refractivity contribution in [2.24, 2.45) is 0 Å². The smallest absolute Gasteiger partial charge is 0.299 e. The molecule has 2 aromatic heterocycles. The van der Waals surface area contributed by atoms with E-state index in [1.807, 2.05) is 0 Å². The van der Waals surface area contributed by atoms with Crippen LogP contribution in [0, 0.1) is 4.77 Å². The summed E-state index contributed by atoms with van der Waals surface area (Å²) in [5.74, 6) is 0. The molecule has 3 aromatic rings. The number of pyridine rings is 1. The standard InChI is InChI=1S/C17H12F3N3OS/c1-2-8-23-14-13(15(24)22-16(23)25)11(17(18,19)20)9-12(21-14)10-6-4-3-5-7-10/h2-7,9H,1,8H2,(H,22,24,25). The van der Waals surface area contributed by atoms with Crippen molar-refractivity contribution in [3.63, 3.8) is 0 Å². The third kappa shape index (κ3) is 3.12. The first-order chi connectivity index (χ1) is 11.8. The summed E-state index contributed by atoms with van der Waals surface area (Å²) >= 11 is 5.07. The molecule has 0 radical (unpaired) electrons. The Kier molecular flexibility index (Phi) is 4.30. The van der Waals surface area contributed by atoms with Gasteiger partial charge in [0.1, 0.15) is 5.65 Å². The Labute approximate surface area is 145 Å². The second kappa shape index (κ2) is 6.29. The van der Waals surface area contributed by atoms with E-state index >= 15 is 0 Å². The van der Waals surface area contributed by atoms with Crippen molar-refractivity contribution in [2.45, 2.75) is 12.7 Å². The molecular weight excluding hydrogens is 351 g/mol. The molecule has 128 valence electrons. The number of rotatable bonds is 3. The molecule has 1 aromatic carbocycles. The van der Waals surface area contributed by atoms with Crippen molar-refractivity contribution in [3.05, 3.63) is 69.7 Å². The number of benzene rings is 1. The fourth-order valence-electron chi connectivity index (χ4n) is 2.55. The molecule has 0 aliphatic carbocycles. The highest BCUT2D eigenvalue weighted by Gasteiger charge is 2.35. The molecule has 0 atom stereocenters. The summed E-state index contributed by atoms with van der Waals surface area (Å²) in [7, 11) is 0. The molecular formula is C17H12F3N3OS. The summed E-state index contributed by atoms with van der Waals surface area (Å²) in [6.07, 6.45) is -3.25. The lowest BCUT2D eigenvalue weighted by atomic mass is 10.1. The Morgan fingerprint density at radius 3 is 2.56 bits per heavy atom. The highest BCUT2D eigenvalue weighted by molar-refractivity contribution is 7.71. The van der Waals surface area contributed by atoms with Crippen molar-refractivity contribution in [1.82, 2.24) is 14.5 Å². The van der Waals surface area contributed by atoms with Gasteiger partial charge in [-0.05, 0) is 18.3 Å². The normalized spacial score (nSPS) is 11.6. The van der Waals surface area contributed by atoms with E-state index in [0.717, 1.165) is 6.07 Å². The quantitative estimate of drug-likeness (QED) is 0.557. The van der Waals surface area contributed by atoms with Crippen molar-refractivity contribution >= 4 is 23.3 Å². The number of H-pyrrole nitrogens is 1. The van der Waals surface area contributed by atoms with E-state index < -0.39 is 22.7 Å². The van der Waals surface area contributed by atoms with Crippen LogP contribution in [0.4, 0.5) is 13.2 Å². The zero-order valence-corrected chi connectivity index (χ0v) is 13.6. The largest absolute Gasteiger partial charge is 0.417 e. The molecule has 0 saturated carbocycles. The molecule has 0 saturated heterocycles. The van der Waals surface area contributed by atoms with E-state index in [4.69, 9.17) is 12.2 Å². The number of nitrogens with one attached hydrogen (secondary N) is 1. The van der Waals surface area contributed by atoms with Gasteiger partial charge in [-0.2, -0.15) is 13.2 Å². The molecule has 1 N–H and O–H groups in total. The van der Waals surface area contributed by atoms with Gasteiger partial charge in [0.25, 0.3) is 5.56 Å². The molecule has 3 rings (SSSR count). The number of fused-ring (bicyclic) bond motifs is 1. The minimum Gasteiger partial charge on any atom is -0.299 e. The van der Waals surface area contributed by atoms with E-state index in [1.54, 1.807) is 30.3 Å². The lowest BCUT2D eigenvalue weighted by molar-refractivity contribution is -0.136. The zero-order valence-electron chi connectivity index (χ0n) is 12.8. The maximum absolute atomic E-state index is 13.6. The topological polar surface area (TPSA) is 50.7 Å². The molecule has 0 spiro atoms. The van der Waals surface area contributed by atoms with Gasteiger partial charge in [-0.15, -0.1) is 6.58 Å². The third-order valence-corrected chi connectivity index (χ3v) is 3.96. The lowest BCUT2D eigenvalue weighted by Gasteiger charge is -2.15. The minimum atomic E-state index is -4.72. The fraction of sp³-hybridized carbons (Fsp3) is 0.118. The van der Waals surface area contributed by atoms with Crippen LogP contribution in [0.1, 0.15) is 5.56 Å². The predicted octanol–water partition coefficient (Wildman–Crippen LogP) is 4.33. The average molecular weight is 363 g/mol. The first-order valence-electron chi connectivity index (χ1n) is 7.24. The maximum Gasteiger partial charge on any atom is 0.417 e. The van der Waals surface area contributed by atoms with Crippen LogP contribution in [-0.2, 0) is 12.7 Å². The Morgan fingerprint density at radius 2 is 1.96 bits per heavy atom. The number of aromatic amines is 1. The first kappa shape index (κ1) is 17.1. The van der Waals surface area contributed by atoms with Gasteiger partial charge in [-0.1, -0.05) is 36.4 Å². The highest BCUT2D eigenvalue weighted by atomic mass is 32.1.